The van der Waals surface area contributed by atoms with E-state index in [-0.39, 0.29) is 11.9 Å². The molecule has 3 aliphatic heterocycles. The summed E-state index contributed by atoms with van der Waals surface area (Å²) in [5.41, 5.74) is 3.49. The molecule has 3 heterocycles. The number of hydrogen-bond donors (Lipinski definition) is 0. The largest absolute Gasteiger partial charge is 0.369 e. The molecule has 1 atom stereocenters. The molecule has 3 amide bonds. The number of urea groups is 1. The van der Waals surface area contributed by atoms with Gasteiger partial charge in [0, 0.05) is 51.0 Å². The molecular weight excluding hydrogens is 464 g/mol. The van der Waals surface area contributed by atoms with E-state index in [1.54, 1.807) is 7.05 Å². The number of likely N-dealkylation sites (N-methyl/N-ethyl adjacent to an activating group) is 2. The van der Waals surface area contributed by atoms with Crippen molar-refractivity contribution in [2.75, 3.05) is 51.7 Å². The van der Waals surface area contributed by atoms with Gasteiger partial charge in [0.1, 0.15) is 13.1 Å². The van der Waals surface area contributed by atoms with Crippen molar-refractivity contribution < 1.29 is 14.2 Å². The predicted molar refractivity (Wildman–Crippen MR) is 137 cm³/mol. The number of rotatable bonds is 5. The van der Waals surface area contributed by atoms with Crippen molar-refractivity contribution in [2.24, 2.45) is 4.99 Å². The second-order valence-corrected chi connectivity index (χ2v) is 9.77. The van der Waals surface area contributed by atoms with Gasteiger partial charge in [-0.3, -0.25) is 19.5 Å². The molecule has 2 fully saturated rings. The zero-order valence-electron chi connectivity index (χ0n) is 20.3. The Labute approximate surface area is 210 Å². The fourth-order valence-electron chi connectivity index (χ4n) is 5.01. The molecule has 5 rings (SSSR count). The number of fused-ring (bicyclic) bond motifs is 1. The highest BCUT2D eigenvalue weighted by Gasteiger charge is 2.53. The number of carbonyl (C=O) groups excluding carboxylic acids is 2. The number of imide groups is 1. The highest BCUT2D eigenvalue weighted by atomic mass is 35.5. The standard InChI is InChI=1S/C26H30ClN6O2/c1-18-9-10-20(27)15-21(18)32-13-11-31(12-14-32)17-22-28-24-23(25(34)30(3)26(35)29(24)2)33(22)16-19-7-5-4-6-8-19/h4-10,15,23H,11-14,16-17H2,1-3H3/q+1. The first-order chi connectivity index (χ1) is 16.8. The molecule has 3 aliphatic rings. The van der Waals surface area contributed by atoms with Gasteiger partial charge in [0.15, 0.2) is 0 Å². The van der Waals surface area contributed by atoms with E-state index in [1.807, 2.05) is 42.5 Å². The van der Waals surface area contributed by atoms with E-state index in [9.17, 15) is 9.59 Å². The summed E-state index contributed by atoms with van der Waals surface area (Å²) in [6.07, 6.45) is 0. The van der Waals surface area contributed by atoms with Crippen molar-refractivity contribution in [1.82, 2.24) is 14.7 Å². The van der Waals surface area contributed by atoms with Gasteiger partial charge in [-0.15, -0.1) is 0 Å². The van der Waals surface area contributed by atoms with Crippen LogP contribution >= 0.6 is 11.6 Å². The Morgan fingerprint density at radius 1 is 1.00 bits per heavy atom. The van der Waals surface area contributed by atoms with E-state index in [2.05, 4.69) is 27.4 Å². The van der Waals surface area contributed by atoms with Crippen LogP contribution in [0.1, 0.15) is 11.1 Å². The number of hydrogen-bond acceptors (Lipinski definition) is 5. The summed E-state index contributed by atoms with van der Waals surface area (Å²) in [5.74, 6) is 1.10. The summed E-state index contributed by atoms with van der Waals surface area (Å²) >= 11 is 6.25. The van der Waals surface area contributed by atoms with E-state index in [1.165, 1.54) is 28.1 Å². The van der Waals surface area contributed by atoms with Gasteiger partial charge in [-0.1, -0.05) is 48.0 Å². The van der Waals surface area contributed by atoms with Crippen LogP contribution in [0.5, 0.6) is 0 Å². The fourth-order valence-corrected chi connectivity index (χ4v) is 5.17. The number of amides is 3. The van der Waals surface area contributed by atoms with Crippen LogP contribution in [0, 0.1) is 6.92 Å². The van der Waals surface area contributed by atoms with Crippen molar-refractivity contribution in [3.05, 3.63) is 64.7 Å². The molecule has 182 valence electrons. The highest BCUT2D eigenvalue weighted by molar-refractivity contribution is 6.30. The Morgan fingerprint density at radius 3 is 2.43 bits per heavy atom. The average molecular weight is 494 g/mol. The molecule has 9 heteroatoms. The zero-order chi connectivity index (χ0) is 24.7. The minimum Gasteiger partial charge on any atom is -0.369 e. The molecule has 2 aromatic rings. The van der Waals surface area contributed by atoms with Crippen molar-refractivity contribution >= 4 is 40.9 Å². The van der Waals surface area contributed by atoms with Crippen molar-refractivity contribution in [1.29, 1.82) is 0 Å². The van der Waals surface area contributed by atoms with Gasteiger partial charge in [-0.05, 0) is 35.2 Å². The lowest BCUT2D eigenvalue weighted by atomic mass is 10.1. The Balaban J connectivity index is 1.38. The highest BCUT2D eigenvalue weighted by Crippen LogP contribution is 2.26. The lowest BCUT2D eigenvalue weighted by Crippen LogP contribution is -2.61. The molecule has 8 nitrogen and oxygen atoms in total. The van der Waals surface area contributed by atoms with E-state index in [0.717, 1.165) is 42.6 Å². The molecule has 0 saturated carbocycles. The summed E-state index contributed by atoms with van der Waals surface area (Å²) < 4.78 is 2.06. The summed E-state index contributed by atoms with van der Waals surface area (Å²) in [4.78, 5) is 38.0. The fraction of sp³-hybridized carbons (Fsp3) is 0.385. The molecule has 2 aromatic carbocycles. The molecule has 0 N–H and O–H groups in total. The van der Waals surface area contributed by atoms with Gasteiger partial charge in [0.25, 0.3) is 17.8 Å². The van der Waals surface area contributed by atoms with E-state index >= 15 is 0 Å². The Morgan fingerprint density at radius 2 is 1.71 bits per heavy atom. The third-order valence-corrected chi connectivity index (χ3v) is 7.29. The van der Waals surface area contributed by atoms with Crippen LogP contribution < -0.4 is 4.90 Å². The maximum atomic E-state index is 13.2. The molecule has 0 aliphatic carbocycles. The number of carbonyl (C=O) groups is 2. The van der Waals surface area contributed by atoms with Crippen molar-refractivity contribution in [2.45, 2.75) is 19.5 Å². The number of halogens is 1. The minimum absolute atomic E-state index is 0.237. The maximum Gasteiger partial charge on any atom is 0.333 e. The third kappa shape index (κ3) is 4.44. The lowest BCUT2D eigenvalue weighted by molar-refractivity contribution is -0.552. The number of anilines is 1. The van der Waals surface area contributed by atoms with E-state index < -0.39 is 6.04 Å². The Hall–Kier alpha value is -3.23. The molecule has 2 saturated heterocycles. The third-order valence-electron chi connectivity index (χ3n) is 7.06. The van der Waals surface area contributed by atoms with Crippen molar-refractivity contribution in [3.63, 3.8) is 0 Å². The zero-order valence-corrected chi connectivity index (χ0v) is 21.1. The minimum atomic E-state index is -0.590. The second-order valence-electron chi connectivity index (χ2n) is 9.34. The molecule has 0 radical (unpaired) electrons. The van der Waals surface area contributed by atoms with Gasteiger partial charge >= 0.3 is 11.9 Å². The normalized spacial score (nSPS) is 21.1. The van der Waals surface area contributed by atoms with Crippen molar-refractivity contribution in [3.8, 4) is 0 Å². The summed E-state index contributed by atoms with van der Waals surface area (Å²) in [7, 11) is 3.22. The Kier molecular flexibility index (Phi) is 6.34. The second kappa shape index (κ2) is 9.43. The smallest absolute Gasteiger partial charge is 0.333 e. The number of aryl methyl sites for hydroxylation is 1. The van der Waals surface area contributed by atoms with Crippen LogP contribution in [0.3, 0.4) is 0 Å². The van der Waals surface area contributed by atoms with Gasteiger partial charge in [0.05, 0.1) is 0 Å². The molecule has 0 spiro atoms. The van der Waals surface area contributed by atoms with Gasteiger partial charge in [-0.25, -0.2) is 9.37 Å². The first kappa shape index (κ1) is 23.5. The van der Waals surface area contributed by atoms with E-state index in [4.69, 9.17) is 16.6 Å². The number of aliphatic imine (C=N–C) groups is 1. The number of nitrogens with zero attached hydrogens (tertiary/aromatic N) is 6. The number of benzene rings is 2. The topological polar surface area (TPSA) is 62.5 Å². The summed E-state index contributed by atoms with van der Waals surface area (Å²) in [6.45, 7) is 6.78. The summed E-state index contributed by atoms with van der Waals surface area (Å²) in [6, 6.07) is 15.1. The van der Waals surface area contributed by atoms with Crippen LogP contribution in [-0.4, -0.2) is 95.7 Å². The van der Waals surface area contributed by atoms with Crippen LogP contribution in [0.25, 0.3) is 0 Å². The van der Waals surface area contributed by atoms with Gasteiger partial charge in [0.2, 0.25) is 0 Å². The van der Waals surface area contributed by atoms with Gasteiger partial charge < -0.3 is 4.90 Å². The summed E-state index contributed by atoms with van der Waals surface area (Å²) in [5, 5.41) is 0.748. The lowest BCUT2D eigenvalue weighted by Gasteiger charge is -2.36. The molecule has 0 aromatic heterocycles. The monoisotopic (exact) mass is 493 g/mol. The number of piperazine rings is 1. The predicted octanol–water partition coefficient (Wildman–Crippen LogP) is 2.69. The van der Waals surface area contributed by atoms with E-state index in [0.29, 0.717) is 18.9 Å². The quantitative estimate of drug-likeness (QED) is 0.601. The molecule has 35 heavy (non-hydrogen) atoms. The SMILES string of the molecule is Cc1ccc(Cl)cc1N1CCN(CC2=[N+](Cc3ccccc3)C3C(=O)N(C)C(=O)N(C)C3=N2)CC1. The molecule has 1 unspecified atom stereocenters. The van der Waals surface area contributed by atoms with Crippen LogP contribution in [0.4, 0.5) is 10.5 Å². The van der Waals surface area contributed by atoms with Crippen LogP contribution in [-0.2, 0) is 11.3 Å². The van der Waals surface area contributed by atoms with Crippen LogP contribution in [0.2, 0.25) is 5.02 Å². The Bertz CT molecular complexity index is 1220. The van der Waals surface area contributed by atoms with Gasteiger partial charge in [-0.2, -0.15) is 0 Å². The first-order valence-corrected chi connectivity index (χ1v) is 12.2. The first-order valence-electron chi connectivity index (χ1n) is 11.9. The molecular formula is C26H30ClN6O2+. The average Bonchev–Trinajstić information content (AvgIpc) is 3.22. The maximum absolute atomic E-state index is 13.2. The number of amidine groups is 2. The molecule has 0 bridgehead atoms. The van der Waals surface area contributed by atoms with Crippen LogP contribution in [0.15, 0.2) is 53.5 Å².